The summed E-state index contributed by atoms with van der Waals surface area (Å²) in [6.45, 7) is -0.191. The summed E-state index contributed by atoms with van der Waals surface area (Å²) < 4.78 is 6.99. The molecule has 0 saturated heterocycles. The Balaban J connectivity index is 1.53. The third kappa shape index (κ3) is 3.76. The molecule has 6 nitrogen and oxygen atoms in total. The molecule has 1 amide bonds. The summed E-state index contributed by atoms with van der Waals surface area (Å²) in [5.74, 6) is 0.812. The Morgan fingerprint density at radius 3 is 2.50 bits per heavy atom. The Labute approximate surface area is 161 Å². The van der Waals surface area contributed by atoms with Crippen molar-refractivity contribution in [1.82, 2.24) is 9.78 Å². The minimum Gasteiger partial charge on any atom is -0.455 e. The minimum absolute atomic E-state index is 0.191. The van der Waals surface area contributed by atoms with Crippen LogP contribution in [-0.4, -0.2) is 15.7 Å². The Hall–Kier alpha value is -3.93. The van der Waals surface area contributed by atoms with Gasteiger partial charge < -0.3 is 10.1 Å². The molecule has 0 aliphatic carbocycles. The van der Waals surface area contributed by atoms with Gasteiger partial charge in [0.25, 0.3) is 5.56 Å². The van der Waals surface area contributed by atoms with Gasteiger partial charge in [-0.2, -0.15) is 5.10 Å². The molecule has 0 fully saturated rings. The van der Waals surface area contributed by atoms with Crippen LogP contribution >= 0.6 is 0 Å². The van der Waals surface area contributed by atoms with Crippen molar-refractivity contribution in [3.05, 3.63) is 95.4 Å². The van der Waals surface area contributed by atoms with E-state index in [1.165, 1.54) is 0 Å². The fraction of sp³-hybridized carbons (Fsp3) is 0.0455. The summed E-state index contributed by atoms with van der Waals surface area (Å²) >= 11 is 0. The van der Waals surface area contributed by atoms with E-state index < -0.39 is 0 Å². The van der Waals surface area contributed by atoms with Gasteiger partial charge in [-0.25, -0.2) is 4.68 Å². The average Bonchev–Trinajstić information content (AvgIpc) is 2.72. The van der Waals surface area contributed by atoms with Crippen LogP contribution in [0.15, 0.2) is 89.9 Å². The molecule has 0 atom stereocenters. The number of benzene rings is 3. The molecule has 1 aromatic heterocycles. The number of carbonyl (C=O) groups is 1. The van der Waals surface area contributed by atoms with Gasteiger partial charge in [0.05, 0.1) is 17.3 Å². The van der Waals surface area contributed by atoms with Gasteiger partial charge in [0.15, 0.2) is 5.75 Å². The highest BCUT2D eigenvalue weighted by atomic mass is 16.5. The van der Waals surface area contributed by atoms with Crippen LogP contribution in [-0.2, 0) is 11.3 Å². The van der Waals surface area contributed by atoms with Crippen molar-refractivity contribution in [2.75, 3.05) is 5.32 Å². The summed E-state index contributed by atoms with van der Waals surface area (Å²) in [5, 5.41) is 8.15. The maximum Gasteiger partial charge on any atom is 0.275 e. The molecule has 4 rings (SSSR count). The van der Waals surface area contributed by atoms with Crippen LogP contribution in [0.1, 0.15) is 0 Å². The Kier molecular flexibility index (Phi) is 4.84. The first-order chi connectivity index (χ1) is 13.7. The van der Waals surface area contributed by atoms with E-state index in [2.05, 4.69) is 10.4 Å². The van der Waals surface area contributed by atoms with Crippen LogP contribution in [0.3, 0.4) is 0 Å². The van der Waals surface area contributed by atoms with Gasteiger partial charge in [0.1, 0.15) is 12.3 Å². The first-order valence-electron chi connectivity index (χ1n) is 8.77. The van der Waals surface area contributed by atoms with Gasteiger partial charge >= 0.3 is 0 Å². The van der Waals surface area contributed by atoms with Crippen molar-refractivity contribution in [3.63, 3.8) is 0 Å². The van der Waals surface area contributed by atoms with E-state index in [9.17, 15) is 9.59 Å². The lowest BCUT2D eigenvalue weighted by Crippen LogP contribution is -2.29. The number of fused-ring (bicyclic) bond motifs is 1. The summed E-state index contributed by atoms with van der Waals surface area (Å²) in [6, 6.07) is 23.6. The van der Waals surface area contributed by atoms with E-state index >= 15 is 0 Å². The van der Waals surface area contributed by atoms with Crippen LogP contribution in [0.25, 0.3) is 10.8 Å². The van der Waals surface area contributed by atoms with Gasteiger partial charge in [-0.05, 0) is 30.3 Å². The number of anilines is 1. The van der Waals surface area contributed by atoms with Crippen LogP contribution in [0.2, 0.25) is 0 Å². The number of carbonyl (C=O) groups excluding carboxylic acids is 1. The second-order valence-electron chi connectivity index (χ2n) is 6.15. The predicted octanol–water partition coefficient (Wildman–Crippen LogP) is 3.83. The van der Waals surface area contributed by atoms with Crippen LogP contribution in [0.4, 0.5) is 5.69 Å². The molecule has 1 N–H and O–H groups in total. The highest BCUT2D eigenvalue weighted by Crippen LogP contribution is 2.29. The van der Waals surface area contributed by atoms with Crippen molar-refractivity contribution in [1.29, 1.82) is 0 Å². The van der Waals surface area contributed by atoms with E-state index in [1.807, 2.05) is 48.5 Å². The Morgan fingerprint density at radius 1 is 0.929 bits per heavy atom. The third-order valence-corrected chi connectivity index (χ3v) is 4.19. The maximum absolute atomic E-state index is 12.5. The van der Waals surface area contributed by atoms with Gasteiger partial charge in [-0.3, -0.25) is 9.59 Å². The molecule has 0 bridgehead atoms. The maximum atomic E-state index is 12.5. The van der Waals surface area contributed by atoms with Crippen LogP contribution in [0, 0.1) is 0 Å². The predicted molar refractivity (Wildman–Crippen MR) is 108 cm³/mol. The lowest BCUT2D eigenvalue weighted by Gasteiger charge is -2.12. The molecule has 138 valence electrons. The minimum atomic E-state index is -0.367. The standard InChI is InChI=1S/C22H17N3O3/c26-21(15-25-22(27)18-11-5-4-8-16(18)14-23-25)24-19-12-6-7-13-20(19)28-17-9-2-1-3-10-17/h1-14H,15H2,(H,24,26). The number of hydrogen-bond donors (Lipinski definition) is 1. The number of nitrogens with zero attached hydrogens (tertiary/aromatic N) is 2. The lowest BCUT2D eigenvalue weighted by atomic mass is 10.2. The molecular weight excluding hydrogens is 354 g/mol. The smallest absolute Gasteiger partial charge is 0.275 e. The van der Waals surface area contributed by atoms with E-state index in [4.69, 9.17) is 4.74 Å². The van der Waals surface area contributed by atoms with Gasteiger partial charge in [-0.15, -0.1) is 0 Å². The Bertz CT molecular complexity index is 1190. The van der Waals surface area contributed by atoms with Crippen molar-refractivity contribution < 1.29 is 9.53 Å². The second-order valence-corrected chi connectivity index (χ2v) is 6.15. The number of nitrogens with one attached hydrogen (secondary N) is 1. The van der Waals surface area contributed by atoms with Crippen LogP contribution < -0.4 is 15.6 Å². The molecule has 0 saturated carbocycles. The van der Waals surface area contributed by atoms with Crippen molar-refractivity contribution in [2.24, 2.45) is 0 Å². The zero-order valence-electron chi connectivity index (χ0n) is 14.9. The second kappa shape index (κ2) is 7.75. The van der Waals surface area contributed by atoms with E-state index in [0.717, 1.165) is 10.1 Å². The molecule has 1 heterocycles. The molecule has 0 unspecified atom stereocenters. The Morgan fingerprint density at radius 2 is 1.64 bits per heavy atom. The number of aromatic nitrogens is 2. The molecule has 3 aromatic carbocycles. The normalized spacial score (nSPS) is 10.6. The largest absolute Gasteiger partial charge is 0.455 e. The topological polar surface area (TPSA) is 73.2 Å². The lowest BCUT2D eigenvalue weighted by molar-refractivity contribution is -0.117. The quantitative estimate of drug-likeness (QED) is 0.579. The van der Waals surface area contributed by atoms with Gasteiger partial charge in [0, 0.05) is 5.39 Å². The molecule has 0 spiro atoms. The number of hydrogen-bond acceptors (Lipinski definition) is 4. The van der Waals surface area contributed by atoms with Gasteiger partial charge in [-0.1, -0.05) is 48.5 Å². The fourth-order valence-corrected chi connectivity index (χ4v) is 2.84. The molecule has 0 aliphatic heterocycles. The fourth-order valence-electron chi connectivity index (χ4n) is 2.84. The number of ether oxygens (including phenoxy) is 1. The number of amides is 1. The van der Waals surface area contributed by atoms with Gasteiger partial charge in [0.2, 0.25) is 5.91 Å². The molecule has 6 heteroatoms. The third-order valence-electron chi connectivity index (χ3n) is 4.19. The summed E-state index contributed by atoms with van der Waals surface area (Å²) in [5.41, 5.74) is 0.215. The first-order valence-corrected chi connectivity index (χ1v) is 8.77. The average molecular weight is 371 g/mol. The first kappa shape index (κ1) is 17.5. The monoisotopic (exact) mass is 371 g/mol. The number of rotatable bonds is 5. The SMILES string of the molecule is O=C(Cn1ncc2ccccc2c1=O)Nc1ccccc1Oc1ccccc1. The highest BCUT2D eigenvalue weighted by Gasteiger charge is 2.11. The van der Waals surface area contributed by atoms with Crippen molar-refractivity contribution >= 4 is 22.4 Å². The highest BCUT2D eigenvalue weighted by molar-refractivity contribution is 5.92. The zero-order chi connectivity index (χ0) is 19.3. The molecule has 4 aromatic rings. The summed E-state index contributed by atoms with van der Waals surface area (Å²) in [7, 11) is 0. The van der Waals surface area contributed by atoms with E-state index in [0.29, 0.717) is 22.6 Å². The summed E-state index contributed by atoms with van der Waals surface area (Å²) in [4.78, 5) is 25.0. The molecular formula is C22H17N3O3. The summed E-state index contributed by atoms with van der Waals surface area (Å²) in [6.07, 6.45) is 1.58. The van der Waals surface area contributed by atoms with Crippen LogP contribution in [0.5, 0.6) is 11.5 Å². The van der Waals surface area contributed by atoms with E-state index in [-0.39, 0.29) is 18.0 Å². The zero-order valence-corrected chi connectivity index (χ0v) is 14.9. The van der Waals surface area contributed by atoms with Crippen molar-refractivity contribution in [2.45, 2.75) is 6.54 Å². The van der Waals surface area contributed by atoms with E-state index in [1.54, 1.807) is 36.5 Å². The molecule has 0 radical (unpaired) electrons. The molecule has 28 heavy (non-hydrogen) atoms. The number of para-hydroxylation sites is 3. The van der Waals surface area contributed by atoms with Crippen molar-refractivity contribution in [3.8, 4) is 11.5 Å². The molecule has 0 aliphatic rings.